The van der Waals surface area contributed by atoms with Gasteiger partial charge in [0.15, 0.2) is 0 Å². The average Bonchev–Trinajstić information content (AvgIpc) is 3.22. The van der Waals surface area contributed by atoms with Gasteiger partial charge in [-0.15, -0.1) is 0 Å². The predicted molar refractivity (Wildman–Crippen MR) is 91.7 cm³/mol. The Morgan fingerprint density at radius 1 is 0.917 bits per heavy atom. The van der Waals surface area contributed by atoms with E-state index >= 15 is 0 Å². The fourth-order valence-corrected chi connectivity index (χ4v) is 4.08. The molecule has 136 valence electrons. The zero-order valence-corrected chi connectivity index (χ0v) is 14.7. The van der Waals surface area contributed by atoms with E-state index < -0.39 is 0 Å². The van der Waals surface area contributed by atoms with Gasteiger partial charge in [-0.3, -0.25) is 4.79 Å². The van der Waals surface area contributed by atoms with Crippen molar-refractivity contribution in [1.82, 2.24) is 15.1 Å². The lowest BCUT2D eigenvalue weighted by atomic mass is 10.0. The van der Waals surface area contributed by atoms with Crippen molar-refractivity contribution in [2.45, 2.75) is 57.5 Å². The van der Waals surface area contributed by atoms with Gasteiger partial charge < -0.3 is 19.9 Å². The summed E-state index contributed by atoms with van der Waals surface area (Å²) in [6.45, 7) is 4.21. The molecule has 0 bridgehead atoms. The molecule has 3 aliphatic rings. The molecule has 6 nitrogen and oxygen atoms in total. The van der Waals surface area contributed by atoms with Crippen molar-refractivity contribution in [2.75, 3.05) is 39.3 Å². The largest absolute Gasteiger partial charge is 0.376 e. The van der Waals surface area contributed by atoms with E-state index in [0.717, 1.165) is 39.0 Å². The third-order valence-electron chi connectivity index (χ3n) is 5.58. The van der Waals surface area contributed by atoms with Crippen molar-refractivity contribution in [1.29, 1.82) is 0 Å². The summed E-state index contributed by atoms with van der Waals surface area (Å²) in [7, 11) is 0. The highest BCUT2D eigenvalue weighted by Gasteiger charge is 2.25. The van der Waals surface area contributed by atoms with Gasteiger partial charge >= 0.3 is 6.03 Å². The number of hydrogen-bond donors (Lipinski definition) is 1. The summed E-state index contributed by atoms with van der Waals surface area (Å²) in [6.07, 6.45) is 8.81. The monoisotopic (exact) mass is 337 g/mol. The normalized spacial score (nSPS) is 25.8. The van der Waals surface area contributed by atoms with Crippen molar-refractivity contribution in [3.8, 4) is 0 Å². The Bertz CT molecular complexity index is 431. The molecule has 0 aromatic rings. The lowest BCUT2D eigenvalue weighted by Crippen LogP contribution is -2.44. The van der Waals surface area contributed by atoms with Crippen molar-refractivity contribution < 1.29 is 14.3 Å². The Morgan fingerprint density at radius 3 is 2.42 bits per heavy atom. The third-order valence-corrected chi connectivity index (χ3v) is 5.58. The fourth-order valence-electron chi connectivity index (χ4n) is 4.08. The molecule has 1 aliphatic carbocycles. The molecule has 1 unspecified atom stereocenters. The van der Waals surface area contributed by atoms with Crippen LogP contribution in [0.25, 0.3) is 0 Å². The van der Waals surface area contributed by atoms with Crippen molar-refractivity contribution in [2.24, 2.45) is 5.92 Å². The molecule has 6 heteroatoms. The maximum atomic E-state index is 12.5. The van der Waals surface area contributed by atoms with Crippen LogP contribution < -0.4 is 5.32 Å². The van der Waals surface area contributed by atoms with Crippen LogP contribution in [-0.2, 0) is 9.53 Å². The highest BCUT2D eigenvalue weighted by Crippen LogP contribution is 2.28. The highest BCUT2D eigenvalue weighted by atomic mass is 16.5. The molecule has 3 amide bonds. The lowest BCUT2D eigenvalue weighted by Gasteiger charge is -2.24. The number of ether oxygens (including phenoxy) is 1. The molecule has 1 N–H and O–H groups in total. The van der Waals surface area contributed by atoms with Gasteiger partial charge in [0.25, 0.3) is 0 Å². The third kappa shape index (κ3) is 4.85. The minimum atomic E-state index is -0.0180. The van der Waals surface area contributed by atoms with E-state index in [1.54, 1.807) is 0 Å². The molecule has 0 aromatic heterocycles. The van der Waals surface area contributed by atoms with Crippen LogP contribution in [0.2, 0.25) is 0 Å². The van der Waals surface area contributed by atoms with E-state index in [1.807, 2.05) is 9.80 Å². The first kappa shape index (κ1) is 17.5. The highest BCUT2D eigenvalue weighted by molar-refractivity contribution is 5.77. The topological polar surface area (TPSA) is 61.9 Å². The van der Waals surface area contributed by atoms with Gasteiger partial charge in [-0.2, -0.15) is 0 Å². The summed E-state index contributed by atoms with van der Waals surface area (Å²) in [5.41, 5.74) is 0. The summed E-state index contributed by atoms with van der Waals surface area (Å²) in [4.78, 5) is 28.6. The Labute approximate surface area is 144 Å². The van der Waals surface area contributed by atoms with Crippen LogP contribution in [0, 0.1) is 5.92 Å². The number of urea groups is 1. The molecule has 24 heavy (non-hydrogen) atoms. The molecule has 0 radical (unpaired) electrons. The van der Waals surface area contributed by atoms with E-state index in [-0.39, 0.29) is 18.0 Å². The molecular weight excluding hydrogens is 306 g/mol. The minimum Gasteiger partial charge on any atom is -0.376 e. The number of carbonyl (C=O) groups excluding carboxylic acids is 2. The molecule has 0 aromatic carbocycles. The fraction of sp³-hybridized carbons (Fsp3) is 0.889. The zero-order valence-electron chi connectivity index (χ0n) is 14.7. The van der Waals surface area contributed by atoms with Gasteiger partial charge in [-0.25, -0.2) is 4.79 Å². The number of carbonyl (C=O) groups is 2. The quantitative estimate of drug-likeness (QED) is 0.853. The second kappa shape index (κ2) is 8.70. The Hall–Kier alpha value is -1.30. The molecule has 2 heterocycles. The van der Waals surface area contributed by atoms with Crippen molar-refractivity contribution >= 4 is 11.9 Å². The molecule has 2 aliphatic heterocycles. The first-order chi connectivity index (χ1) is 11.7. The van der Waals surface area contributed by atoms with E-state index in [2.05, 4.69) is 5.32 Å². The summed E-state index contributed by atoms with van der Waals surface area (Å²) in [5.74, 6) is 0.870. The maximum absolute atomic E-state index is 12.5. The summed E-state index contributed by atoms with van der Waals surface area (Å²) >= 11 is 0. The second-order valence-electron chi connectivity index (χ2n) is 7.40. The first-order valence-electron chi connectivity index (χ1n) is 9.64. The molecule has 1 atom stereocenters. The van der Waals surface area contributed by atoms with Crippen LogP contribution in [0.5, 0.6) is 0 Å². The standard InChI is InChI=1S/C18H31N3O3/c22-17(13-15-5-1-2-6-15)20-8-4-9-21(11-10-20)18(23)19-14-16-7-3-12-24-16/h15-16H,1-14H2,(H,19,23). The van der Waals surface area contributed by atoms with Gasteiger partial charge in [0.05, 0.1) is 6.10 Å². The average molecular weight is 337 g/mol. The van der Waals surface area contributed by atoms with Gasteiger partial charge in [-0.1, -0.05) is 12.8 Å². The number of hydrogen-bond acceptors (Lipinski definition) is 3. The van der Waals surface area contributed by atoms with E-state index in [4.69, 9.17) is 4.74 Å². The van der Waals surface area contributed by atoms with Crippen LogP contribution in [0.3, 0.4) is 0 Å². The van der Waals surface area contributed by atoms with Crippen LogP contribution in [-0.4, -0.2) is 67.2 Å². The Kier molecular flexibility index (Phi) is 6.35. The van der Waals surface area contributed by atoms with Gasteiger partial charge in [0.2, 0.25) is 5.91 Å². The summed E-state index contributed by atoms with van der Waals surface area (Å²) in [5, 5.41) is 2.98. The van der Waals surface area contributed by atoms with Crippen LogP contribution in [0.4, 0.5) is 4.79 Å². The molecule has 1 saturated carbocycles. The van der Waals surface area contributed by atoms with Crippen LogP contribution in [0.1, 0.15) is 51.4 Å². The van der Waals surface area contributed by atoms with Crippen molar-refractivity contribution in [3.05, 3.63) is 0 Å². The van der Waals surface area contributed by atoms with Crippen molar-refractivity contribution in [3.63, 3.8) is 0 Å². The van der Waals surface area contributed by atoms with Crippen LogP contribution >= 0.6 is 0 Å². The molecular formula is C18H31N3O3. The number of rotatable bonds is 4. The van der Waals surface area contributed by atoms with Gasteiger partial charge in [0.1, 0.15) is 0 Å². The molecule has 2 saturated heterocycles. The van der Waals surface area contributed by atoms with Gasteiger partial charge in [-0.05, 0) is 38.0 Å². The van der Waals surface area contributed by atoms with E-state index in [0.29, 0.717) is 32.0 Å². The van der Waals surface area contributed by atoms with E-state index in [1.165, 1.54) is 25.7 Å². The Morgan fingerprint density at radius 2 is 1.67 bits per heavy atom. The smallest absolute Gasteiger partial charge is 0.317 e. The zero-order chi connectivity index (χ0) is 16.8. The number of nitrogens with one attached hydrogen (secondary N) is 1. The van der Waals surface area contributed by atoms with Crippen LogP contribution in [0.15, 0.2) is 0 Å². The number of nitrogens with zero attached hydrogens (tertiary/aromatic N) is 2. The second-order valence-corrected chi connectivity index (χ2v) is 7.40. The SMILES string of the molecule is O=C(CC1CCCC1)N1CCCN(C(=O)NCC2CCCO2)CC1. The maximum Gasteiger partial charge on any atom is 0.317 e. The molecule has 0 spiro atoms. The Balaban J connectivity index is 1.40. The predicted octanol–water partition coefficient (Wildman–Crippen LogP) is 1.99. The summed E-state index contributed by atoms with van der Waals surface area (Å²) in [6, 6.07) is -0.0180. The molecule has 3 rings (SSSR count). The first-order valence-corrected chi connectivity index (χ1v) is 9.64. The van der Waals surface area contributed by atoms with E-state index in [9.17, 15) is 9.59 Å². The minimum absolute atomic E-state index is 0.0180. The lowest BCUT2D eigenvalue weighted by molar-refractivity contribution is -0.132. The number of amides is 3. The molecule has 3 fully saturated rings. The summed E-state index contributed by atoms with van der Waals surface area (Å²) < 4.78 is 5.54. The van der Waals surface area contributed by atoms with Gasteiger partial charge in [0, 0.05) is 45.8 Å².